The SMILES string of the molecule is Cc1cc(-c2ccccc2)cnc1Nc1nc2c(=O)[nH]c(N)nc2n1[C@H]1C[C@H](O)[C@@H](CO)O1. The fourth-order valence-electron chi connectivity index (χ4n) is 4.00. The van der Waals surface area contributed by atoms with Crippen molar-refractivity contribution in [1.29, 1.82) is 0 Å². The molecule has 0 aliphatic carbocycles. The third kappa shape index (κ3) is 3.82. The quantitative estimate of drug-likeness (QED) is 0.303. The van der Waals surface area contributed by atoms with Gasteiger partial charge >= 0.3 is 0 Å². The lowest BCUT2D eigenvalue weighted by molar-refractivity contribution is -0.0425. The molecule has 1 fully saturated rings. The molecule has 1 aliphatic heterocycles. The topological polar surface area (TPSA) is 164 Å². The number of benzene rings is 1. The van der Waals surface area contributed by atoms with Crippen LogP contribution < -0.4 is 16.6 Å². The minimum Gasteiger partial charge on any atom is -0.394 e. The largest absolute Gasteiger partial charge is 0.394 e. The highest BCUT2D eigenvalue weighted by molar-refractivity contribution is 5.76. The molecule has 6 N–H and O–H groups in total. The molecule has 4 aromatic rings. The summed E-state index contributed by atoms with van der Waals surface area (Å²) in [5.41, 5.74) is 8.39. The summed E-state index contributed by atoms with van der Waals surface area (Å²) in [6.45, 7) is 1.57. The van der Waals surface area contributed by atoms with Gasteiger partial charge in [0.2, 0.25) is 11.9 Å². The number of fused-ring (bicyclic) bond motifs is 1. The van der Waals surface area contributed by atoms with Crippen LogP contribution in [-0.2, 0) is 4.74 Å². The third-order valence-electron chi connectivity index (χ3n) is 5.66. The Bertz CT molecular complexity index is 1370. The van der Waals surface area contributed by atoms with Gasteiger partial charge in [-0.2, -0.15) is 4.98 Å². The molecule has 0 spiro atoms. The third-order valence-corrected chi connectivity index (χ3v) is 5.66. The molecule has 1 aliphatic rings. The molecule has 0 saturated carbocycles. The van der Waals surface area contributed by atoms with Gasteiger partial charge in [0.15, 0.2) is 11.2 Å². The van der Waals surface area contributed by atoms with E-state index in [2.05, 4.69) is 25.3 Å². The normalized spacial score (nSPS) is 20.4. The second kappa shape index (κ2) is 8.28. The van der Waals surface area contributed by atoms with E-state index in [1.165, 1.54) is 0 Å². The molecule has 11 heteroatoms. The van der Waals surface area contributed by atoms with Crippen molar-refractivity contribution < 1.29 is 14.9 Å². The Morgan fingerprint density at radius 1 is 1.27 bits per heavy atom. The zero-order valence-electron chi connectivity index (χ0n) is 17.8. The fourth-order valence-corrected chi connectivity index (χ4v) is 4.00. The number of H-pyrrole nitrogens is 1. The Labute approximate surface area is 187 Å². The van der Waals surface area contributed by atoms with E-state index < -0.39 is 24.0 Å². The van der Waals surface area contributed by atoms with Crippen LogP contribution in [0.1, 0.15) is 18.2 Å². The van der Waals surface area contributed by atoms with E-state index in [4.69, 9.17) is 10.5 Å². The average Bonchev–Trinajstić information content (AvgIpc) is 3.35. The van der Waals surface area contributed by atoms with Crippen LogP contribution in [0, 0.1) is 6.92 Å². The first kappa shape index (κ1) is 21.1. The van der Waals surface area contributed by atoms with E-state index in [1.807, 2.05) is 43.3 Å². The maximum atomic E-state index is 12.5. The molecule has 33 heavy (non-hydrogen) atoms. The van der Waals surface area contributed by atoms with Crippen molar-refractivity contribution in [3.05, 3.63) is 58.5 Å². The summed E-state index contributed by atoms with van der Waals surface area (Å²) in [5, 5.41) is 22.9. The van der Waals surface area contributed by atoms with Crippen molar-refractivity contribution in [2.75, 3.05) is 17.7 Å². The van der Waals surface area contributed by atoms with Crippen LogP contribution >= 0.6 is 0 Å². The van der Waals surface area contributed by atoms with Crippen molar-refractivity contribution in [2.24, 2.45) is 0 Å². The van der Waals surface area contributed by atoms with E-state index in [0.717, 1.165) is 16.7 Å². The number of aliphatic hydroxyl groups excluding tert-OH is 2. The summed E-state index contributed by atoms with van der Waals surface area (Å²) in [6, 6.07) is 11.9. The number of nitrogens with one attached hydrogen (secondary N) is 2. The summed E-state index contributed by atoms with van der Waals surface area (Å²) < 4.78 is 7.37. The Morgan fingerprint density at radius 2 is 2.06 bits per heavy atom. The number of pyridine rings is 1. The Morgan fingerprint density at radius 3 is 2.76 bits per heavy atom. The zero-order valence-corrected chi connectivity index (χ0v) is 17.8. The van der Waals surface area contributed by atoms with Gasteiger partial charge in [-0.15, -0.1) is 0 Å². The molecule has 0 amide bonds. The molecule has 1 saturated heterocycles. The van der Waals surface area contributed by atoms with Gasteiger partial charge in [-0.3, -0.25) is 14.3 Å². The summed E-state index contributed by atoms with van der Waals surface area (Å²) in [5.74, 6) is 0.722. The van der Waals surface area contributed by atoms with Crippen LogP contribution in [0.25, 0.3) is 22.3 Å². The predicted molar refractivity (Wildman–Crippen MR) is 122 cm³/mol. The molecule has 0 bridgehead atoms. The number of aromatic nitrogens is 5. The molecule has 0 radical (unpaired) electrons. The lowest BCUT2D eigenvalue weighted by Crippen LogP contribution is -2.24. The standard InChI is InChI=1S/C22H23N7O4/c1-11-7-13(12-5-3-2-4-6-12)9-24-18(11)26-22-25-17-19(27-21(23)28-20(17)32)29(22)16-8-14(31)15(10-30)33-16/h2-7,9,14-16,30-31H,8,10H2,1H3,(H,24,25,26)(H3,23,27,28,32)/t14-,15+,16+/m0/s1. The number of hydrogen-bond acceptors (Lipinski definition) is 9. The van der Waals surface area contributed by atoms with Crippen molar-refractivity contribution >= 4 is 28.9 Å². The lowest BCUT2D eigenvalue weighted by atomic mass is 10.1. The maximum absolute atomic E-state index is 12.5. The Kier molecular flexibility index (Phi) is 5.29. The summed E-state index contributed by atoms with van der Waals surface area (Å²) in [4.78, 5) is 28.1. The summed E-state index contributed by atoms with van der Waals surface area (Å²) >= 11 is 0. The molecule has 3 atom stereocenters. The molecule has 4 heterocycles. The van der Waals surface area contributed by atoms with Crippen LogP contribution in [0.15, 0.2) is 47.4 Å². The zero-order chi connectivity index (χ0) is 23.1. The molecule has 11 nitrogen and oxygen atoms in total. The number of hydrogen-bond donors (Lipinski definition) is 5. The highest BCUT2D eigenvalue weighted by atomic mass is 16.5. The van der Waals surface area contributed by atoms with E-state index >= 15 is 0 Å². The number of anilines is 3. The number of imidazole rings is 1. The molecule has 5 rings (SSSR count). The minimum absolute atomic E-state index is 0.0656. The first-order chi connectivity index (χ1) is 15.9. The number of aromatic amines is 1. The second-order valence-corrected chi connectivity index (χ2v) is 7.92. The second-order valence-electron chi connectivity index (χ2n) is 7.92. The van der Waals surface area contributed by atoms with Gasteiger partial charge in [-0.1, -0.05) is 30.3 Å². The van der Waals surface area contributed by atoms with Gasteiger partial charge in [0.25, 0.3) is 5.56 Å². The van der Waals surface area contributed by atoms with Crippen LogP contribution in [0.3, 0.4) is 0 Å². The molecular formula is C22H23N7O4. The number of aryl methyl sites for hydroxylation is 1. The Balaban J connectivity index is 1.57. The fraction of sp³-hybridized carbons (Fsp3) is 0.273. The number of ether oxygens (including phenoxy) is 1. The first-order valence-corrected chi connectivity index (χ1v) is 10.5. The number of nitrogens with two attached hydrogens (primary N) is 1. The van der Waals surface area contributed by atoms with Gasteiger partial charge < -0.3 is 26.0 Å². The maximum Gasteiger partial charge on any atom is 0.280 e. The smallest absolute Gasteiger partial charge is 0.280 e. The van der Waals surface area contributed by atoms with Crippen molar-refractivity contribution in [2.45, 2.75) is 31.8 Å². The number of nitrogens with zero attached hydrogens (tertiary/aromatic N) is 4. The Hall–Kier alpha value is -3.80. The average molecular weight is 449 g/mol. The van der Waals surface area contributed by atoms with Crippen molar-refractivity contribution in [3.8, 4) is 11.1 Å². The molecule has 1 aromatic carbocycles. The van der Waals surface area contributed by atoms with E-state index in [9.17, 15) is 15.0 Å². The highest BCUT2D eigenvalue weighted by Gasteiger charge is 2.37. The summed E-state index contributed by atoms with van der Waals surface area (Å²) in [6.07, 6.45) is -0.432. The van der Waals surface area contributed by atoms with Gasteiger partial charge in [0.1, 0.15) is 18.1 Å². The van der Waals surface area contributed by atoms with Crippen molar-refractivity contribution in [1.82, 2.24) is 24.5 Å². The first-order valence-electron chi connectivity index (χ1n) is 10.5. The van der Waals surface area contributed by atoms with Crippen LogP contribution in [0.5, 0.6) is 0 Å². The molecule has 3 aromatic heterocycles. The van der Waals surface area contributed by atoms with Crippen molar-refractivity contribution in [3.63, 3.8) is 0 Å². The number of rotatable bonds is 5. The number of aliphatic hydroxyl groups is 2. The molecule has 0 unspecified atom stereocenters. The predicted octanol–water partition coefficient (Wildman–Crippen LogP) is 1.46. The minimum atomic E-state index is -0.880. The van der Waals surface area contributed by atoms with E-state index in [1.54, 1.807) is 10.8 Å². The van der Waals surface area contributed by atoms with Gasteiger partial charge in [-0.05, 0) is 24.1 Å². The highest BCUT2D eigenvalue weighted by Crippen LogP contribution is 2.34. The van der Waals surface area contributed by atoms with Crippen LogP contribution in [-0.4, -0.2) is 53.5 Å². The van der Waals surface area contributed by atoms with Crippen LogP contribution in [0.2, 0.25) is 0 Å². The lowest BCUT2D eigenvalue weighted by Gasteiger charge is -2.17. The van der Waals surface area contributed by atoms with Gasteiger partial charge in [0, 0.05) is 18.2 Å². The van der Waals surface area contributed by atoms with E-state index in [0.29, 0.717) is 5.82 Å². The van der Waals surface area contributed by atoms with Crippen LogP contribution in [0.4, 0.5) is 17.7 Å². The monoisotopic (exact) mass is 449 g/mol. The molecular weight excluding hydrogens is 426 g/mol. The van der Waals surface area contributed by atoms with Gasteiger partial charge in [-0.25, -0.2) is 9.97 Å². The summed E-state index contributed by atoms with van der Waals surface area (Å²) in [7, 11) is 0. The number of nitrogen functional groups attached to an aromatic ring is 1. The van der Waals surface area contributed by atoms with E-state index in [-0.39, 0.29) is 36.1 Å². The van der Waals surface area contributed by atoms with Gasteiger partial charge in [0.05, 0.1) is 12.7 Å². The molecule has 170 valence electrons.